The number of aromatic nitrogens is 2. The molecule has 21 heavy (non-hydrogen) atoms. The maximum atomic E-state index is 11.6. The number of hydrogen-bond acceptors (Lipinski definition) is 4. The van der Waals surface area contributed by atoms with Crippen molar-refractivity contribution in [3.63, 3.8) is 0 Å². The number of hydrogen-bond donors (Lipinski definition) is 2. The van der Waals surface area contributed by atoms with Crippen LogP contribution in [-0.2, 0) is 6.54 Å². The number of aromatic carboxylic acids is 1. The predicted molar refractivity (Wildman–Crippen MR) is 75.0 cm³/mol. The summed E-state index contributed by atoms with van der Waals surface area (Å²) in [5.74, 6) is -0.846. The van der Waals surface area contributed by atoms with E-state index in [1.165, 1.54) is 16.8 Å². The number of aromatic amines is 1. The Labute approximate surface area is 119 Å². The Morgan fingerprint density at radius 3 is 2.76 bits per heavy atom. The average molecular weight is 290 g/mol. The fraction of sp³-hybridized carbons (Fsp3) is 0.214. The minimum Gasteiger partial charge on any atom is -0.491 e. The van der Waals surface area contributed by atoms with Crippen LogP contribution in [0.25, 0.3) is 0 Å². The molecule has 0 aliphatic rings. The van der Waals surface area contributed by atoms with Crippen molar-refractivity contribution in [2.45, 2.75) is 13.5 Å². The molecule has 2 aromatic rings. The summed E-state index contributed by atoms with van der Waals surface area (Å²) in [5, 5.41) is 9.02. The smallest absolute Gasteiger partial charge is 0.339 e. The first-order valence-corrected chi connectivity index (χ1v) is 6.24. The van der Waals surface area contributed by atoms with Gasteiger partial charge >= 0.3 is 11.7 Å². The summed E-state index contributed by atoms with van der Waals surface area (Å²) in [4.78, 5) is 36.0. The second kappa shape index (κ2) is 6.08. The standard InChI is InChI=1S/C14H14N2O5/c1-9-8-16(14(20)15-12(9)17)6-7-21-11-5-3-2-4-10(11)13(18)19/h2-5,8H,6-7H2,1H3,(H,18,19)(H,15,17,20). The van der Waals surface area contributed by atoms with Crippen molar-refractivity contribution >= 4 is 5.97 Å². The van der Waals surface area contributed by atoms with E-state index in [0.717, 1.165) is 0 Å². The lowest BCUT2D eigenvalue weighted by molar-refractivity contribution is 0.0692. The van der Waals surface area contributed by atoms with E-state index >= 15 is 0 Å². The molecule has 2 rings (SSSR count). The molecule has 0 unspecified atom stereocenters. The maximum absolute atomic E-state index is 11.6. The van der Waals surface area contributed by atoms with Crippen LogP contribution < -0.4 is 16.0 Å². The van der Waals surface area contributed by atoms with Gasteiger partial charge in [0.25, 0.3) is 5.56 Å². The first-order chi connectivity index (χ1) is 9.99. The minimum absolute atomic E-state index is 0.0579. The van der Waals surface area contributed by atoms with Gasteiger partial charge in [0.05, 0.1) is 6.54 Å². The van der Waals surface area contributed by atoms with Crippen LogP contribution in [0, 0.1) is 6.92 Å². The van der Waals surface area contributed by atoms with Crippen molar-refractivity contribution in [1.29, 1.82) is 0 Å². The third-order valence-electron chi connectivity index (χ3n) is 2.90. The largest absolute Gasteiger partial charge is 0.491 e. The van der Waals surface area contributed by atoms with Crippen molar-refractivity contribution in [2.24, 2.45) is 0 Å². The summed E-state index contributed by atoms with van der Waals surface area (Å²) in [7, 11) is 0. The number of aryl methyl sites for hydroxylation is 1. The van der Waals surface area contributed by atoms with Crippen molar-refractivity contribution in [1.82, 2.24) is 9.55 Å². The normalized spacial score (nSPS) is 10.3. The molecule has 1 heterocycles. The predicted octanol–water partition coefficient (Wildman–Crippen LogP) is 0.622. The van der Waals surface area contributed by atoms with Gasteiger partial charge < -0.3 is 9.84 Å². The van der Waals surface area contributed by atoms with Gasteiger partial charge in [-0.15, -0.1) is 0 Å². The highest BCUT2D eigenvalue weighted by atomic mass is 16.5. The molecule has 0 saturated heterocycles. The third-order valence-corrected chi connectivity index (χ3v) is 2.90. The Morgan fingerprint density at radius 1 is 1.33 bits per heavy atom. The van der Waals surface area contributed by atoms with E-state index < -0.39 is 17.2 Å². The zero-order chi connectivity index (χ0) is 15.4. The van der Waals surface area contributed by atoms with Crippen molar-refractivity contribution in [3.8, 4) is 5.75 Å². The number of carbonyl (C=O) groups is 1. The Hall–Kier alpha value is -2.83. The average Bonchev–Trinajstić information content (AvgIpc) is 2.44. The summed E-state index contributed by atoms with van der Waals surface area (Å²) in [6.07, 6.45) is 1.44. The molecule has 0 atom stereocenters. The van der Waals surface area contributed by atoms with E-state index in [2.05, 4.69) is 4.98 Å². The molecule has 0 bridgehead atoms. The van der Waals surface area contributed by atoms with E-state index in [4.69, 9.17) is 9.84 Å². The molecule has 0 spiro atoms. The summed E-state index contributed by atoms with van der Waals surface area (Å²) in [6.45, 7) is 1.90. The molecular formula is C14H14N2O5. The molecule has 110 valence electrons. The monoisotopic (exact) mass is 290 g/mol. The van der Waals surface area contributed by atoms with E-state index in [0.29, 0.717) is 5.56 Å². The summed E-state index contributed by atoms with van der Waals surface area (Å²) in [5.41, 5.74) is -0.475. The number of nitrogens with one attached hydrogen (secondary N) is 1. The second-order valence-electron chi connectivity index (χ2n) is 4.41. The van der Waals surface area contributed by atoms with E-state index in [1.807, 2.05) is 0 Å². The number of ether oxygens (including phenoxy) is 1. The molecule has 2 N–H and O–H groups in total. The van der Waals surface area contributed by atoms with Crippen LogP contribution >= 0.6 is 0 Å². The number of nitrogens with zero attached hydrogens (tertiary/aromatic N) is 1. The number of rotatable bonds is 5. The topological polar surface area (TPSA) is 101 Å². The van der Waals surface area contributed by atoms with Gasteiger partial charge in [0.1, 0.15) is 17.9 Å². The number of H-pyrrole nitrogens is 1. The van der Waals surface area contributed by atoms with Gasteiger partial charge in [0.2, 0.25) is 0 Å². The van der Waals surface area contributed by atoms with Gasteiger partial charge in [0, 0.05) is 11.8 Å². The fourth-order valence-corrected chi connectivity index (χ4v) is 1.81. The molecule has 0 saturated carbocycles. The van der Waals surface area contributed by atoms with Crippen LogP contribution in [0.2, 0.25) is 0 Å². The van der Waals surface area contributed by atoms with Crippen LogP contribution in [0.1, 0.15) is 15.9 Å². The Bertz CT molecular complexity index is 775. The van der Waals surface area contributed by atoms with E-state index in [9.17, 15) is 14.4 Å². The van der Waals surface area contributed by atoms with Crippen molar-refractivity contribution in [3.05, 3.63) is 62.4 Å². The maximum Gasteiger partial charge on any atom is 0.339 e. The molecule has 1 aromatic heterocycles. The van der Waals surface area contributed by atoms with Crippen molar-refractivity contribution in [2.75, 3.05) is 6.61 Å². The lowest BCUT2D eigenvalue weighted by Crippen LogP contribution is -2.32. The van der Waals surface area contributed by atoms with E-state index in [-0.39, 0.29) is 24.5 Å². The van der Waals surface area contributed by atoms with Crippen molar-refractivity contribution < 1.29 is 14.6 Å². The van der Waals surface area contributed by atoms with E-state index in [1.54, 1.807) is 25.1 Å². The lowest BCUT2D eigenvalue weighted by Gasteiger charge is -2.10. The fourth-order valence-electron chi connectivity index (χ4n) is 1.81. The lowest BCUT2D eigenvalue weighted by atomic mass is 10.2. The zero-order valence-electron chi connectivity index (χ0n) is 11.3. The minimum atomic E-state index is -1.08. The van der Waals surface area contributed by atoms with Gasteiger partial charge in [-0.3, -0.25) is 14.3 Å². The van der Waals surface area contributed by atoms with Crippen LogP contribution in [0.4, 0.5) is 0 Å². The number of para-hydroxylation sites is 1. The van der Waals surface area contributed by atoms with Gasteiger partial charge in [-0.25, -0.2) is 9.59 Å². The highest BCUT2D eigenvalue weighted by Crippen LogP contribution is 2.17. The Morgan fingerprint density at radius 2 is 2.05 bits per heavy atom. The Balaban J connectivity index is 2.09. The molecular weight excluding hydrogens is 276 g/mol. The summed E-state index contributed by atoms with van der Waals surface area (Å²) in [6, 6.07) is 6.25. The molecule has 0 fully saturated rings. The van der Waals surface area contributed by atoms with Gasteiger partial charge in [-0.05, 0) is 19.1 Å². The SMILES string of the molecule is Cc1cn(CCOc2ccccc2C(=O)O)c(=O)[nH]c1=O. The third kappa shape index (κ3) is 3.38. The van der Waals surface area contributed by atoms with Gasteiger partial charge in [-0.1, -0.05) is 12.1 Å². The number of carboxylic acids is 1. The molecule has 0 aliphatic heterocycles. The molecule has 7 heteroatoms. The molecule has 0 amide bonds. The first kappa shape index (κ1) is 14.6. The summed E-state index contributed by atoms with van der Waals surface area (Å²) < 4.78 is 6.70. The molecule has 0 aliphatic carbocycles. The van der Waals surface area contributed by atoms with Crippen LogP contribution in [0.5, 0.6) is 5.75 Å². The quantitative estimate of drug-likeness (QED) is 0.840. The van der Waals surface area contributed by atoms with Gasteiger partial charge in [0.15, 0.2) is 0 Å². The highest BCUT2D eigenvalue weighted by Gasteiger charge is 2.10. The number of benzene rings is 1. The molecule has 7 nitrogen and oxygen atoms in total. The second-order valence-corrected chi connectivity index (χ2v) is 4.41. The van der Waals surface area contributed by atoms with Gasteiger partial charge in [-0.2, -0.15) is 0 Å². The first-order valence-electron chi connectivity index (χ1n) is 6.24. The zero-order valence-corrected chi connectivity index (χ0v) is 11.3. The number of carboxylic acid groups (broad SMARTS) is 1. The van der Waals surface area contributed by atoms with Crippen LogP contribution in [0.15, 0.2) is 40.1 Å². The van der Waals surface area contributed by atoms with Crippen LogP contribution in [0.3, 0.4) is 0 Å². The Kier molecular flexibility index (Phi) is 4.22. The summed E-state index contributed by atoms with van der Waals surface area (Å²) >= 11 is 0. The molecule has 1 aromatic carbocycles. The molecule has 0 radical (unpaired) electrons. The van der Waals surface area contributed by atoms with Crippen LogP contribution in [-0.4, -0.2) is 27.2 Å². The highest BCUT2D eigenvalue weighted by molar-refractivity contribution is 5.90.